The van der Waals surface area contributed by atoms with Crippen LogP contribution in [0.1, 0.15) is 67.8 Å². The predicted octanol–water partition coefficient (Wildman–Crippen LogP) is 12.6. The van der Waals surface area contributed by atoms with E-state index in [1.807, 2.05) is 194 Å². The minimum Gasteiger partial charge on any atom is -0.497 e. The highest BCUT2D eigenvalue weighted by atomic mass is 16.5. The first-order valence-electron chi connectivity index (χ1n) is 28.4. The number of benzene rings is 8. The van der Waals surface area contributed by atoms with Crippen molar-refractivity contribution in [2.75, 3.05) is 28.4 Å². The van der Waals surface area contributed by atoms with Gasteiger partial charge in [0.15, 0.2) is 23.3 Å². The second-order valence-corrected chi connectivity index (χ2v) is 20.9. The van der Waals surface area contributed by atoms with Gasteiger partial charge in [0, 0.05) is 44.5 Å². The Kier molecular flexibility index (Phi) is 15.5. The van der Waals surface area contributed by atoms with E-state index in [9.17, 15) is 20.4 Å². The van der Waals surface area contributed by atoms with Crippen LogP contribution in [-0.4, -0.2) is 88.7 Å². The maximum atomic E-state index is 10.4. The predicted molar refractivity (Wildman–Crippen MR) is 340 cm³/mol. The van der Waals surface area contributed by atoms with Gasteiger partial charge in [0.1, 0.15) is 45.6 Å². The minimum absolute atomic E-state index is 0.167. The average molecular weight is 1160 g/mol. The normalized spacial score (nSPS) is 12.2. The lowest BCUT2D eigenvalue weighted by Gasteiger charge is -2.11. The second kappa shape index (κ2) is 24.2. The lowest BCUT2D eigenvalue weighted by molar-refractivity contribution is 0.281. The molecule has 16 nitrogen and oxygen atoms in total. The Bertz CT molecular complexity index is 4050. The summed E-state index contributed by atoms with van der Waals surface area (Å²) in [6, 6.07) is 61.6. The number of aromatic nitrogens is 8. The summed E-state index contributed by atoms with van der Waals surface area (Å²) in [4.78, 5) is 41.1. The second-order valence-electron chi connectivity index (χ2n) is 20.9. The maximum Gasteiger partial charge on any atom is 0.165 e. The zero-order valence-corrected chi connectivity index (χ0v) is 48.4. The highest BCUT2D eigenvalue weighted by Gasteiger charge is 2.31. The van der Waals surface area contributed by atoms with Gasteiger partial charge in [-0.1, -0.05) is 146 Å². The molecule has 11 aromatic rings. The Morgan fingerprint density at radius 2 is 0.432 bits per heavy atom. The molecule has 3 aromatic heterocycles. The van der Waals surface area contributed by atoms with Crippen LogP contribution in [0.3, 0.4) is 0 Å². The summed E-state index contributed by atoms with van der Waals surface area (Å²) in [6.45, 7) is -0.676. The number of aliphatic hydroxyl groups is 4. The summed E-state index contributed by atoms with van der Waals surface area (Å²) in [5, 5.41) is 41.4. The van der Waals surface area contributed by atoms with Gasteiger partial charge in [0.2, 0.25) is 0 Å². The Hall–Kier alpha value is -10.9. The van der Waals surface area contributed by atoms with Crippen molar-refractivity contribution in [2.45, 2.75) is 26.4 Å². The molecule has 88 heavy (non-hydrogen) atoms. The molecule has 434 valence electrons. The third kappa shape index (κ3) is 10.6. The van der Waals surface area contributed by atoms with Gasteiger partial charge in [0.25, 0.3) is 0 Å². The number of aromatic amines is 2. The third-order valence-electron chi connectivity index (χ3n) is 15.8. The van der Waals surface area contributed by atoms with E-state index in [0.717, 1.165) is 44.5 Å². The van der Waals surface area contributed by atoms with Crippen LogP contribution in [0.2, 0.25) is 0 Å². The first kappa shape index (κ1) is 56.3. The van der Waals surface area contributed by atoms with E-state index in [1.165, 1.54) is 0 Å². The molecule has 0 aliphatic carbocycles. The largest absolute Gasteiger partial charge is 0.497 e. The Labute approximate surface area is 506 Å². The average Bonchev–Trinajstić information content (AvgIpc) is 1.87. The van der Waals surface area contributed by atoms with E-state index >= 15 is 0 Å². The van der Waals surface area contributed by atoms with Gasteiger partial charge in [-0.2, -0.15) is 0 Å². The summed E-state index contributed by atoms with van der Waals surface area (Å²) in [6.07, 6.45) is 0. The standard InChI is InChI=1S/C72H58N8O8/c1-85-53-29-21-49(22-30-53)61-59(47-17-9-43(39-83)10-18-47)67-74-65-57(45-13-5-41(37-81)6-14-45)58(46-15-7-42(38-82)8-16-46)66(73-65)75-68-60(48-19-11-44(40-84)12-20-48)62(50-23-31-54(86-2)32-24-50)70(77-68)79-72-64(52-27-35-56(88-4)36-28-52)63(71(80-72)78-69(61)76-67)51-25-33-55(87-3)34-26-51/h5-36,81-84H,37-40H2,1-4H3,(H2,73,74,75,76,77,78,79,80). The number of ether oxygens (including phenoxy) is 4. The molecule has 13 rings (SSSR count). The van der Waals surface area contributed by atoms with Gasteiger partial charge in [-0.15, -0.1) is 0 Å². The molecule has 6 N–H and O–H groups in total. The van der Waals surface area contributed by atoms with Crippen LogP contribution in [0.5, 0.6) is 23.0 Å². The van der Waals surface area contributed by atoms with E-state index in [1.54, 1.807) is 28.4 Å². The molecule has 0 saturated heterocycles. The number of rotatable bonds is 16. The van der Waals surface area contributed by atoms with Crippen molar-refractivity contribution in [1.29, 1.82) is 0 Å². The first-order chi connectivity index (χ1) is 43.2. The number of nitrogens with one attached hydrogen (secondary N) is 2. The van der Waals surface area contributed by atoms with Crippen LogP contribution in [0.15, 0.2) is 194 Å². The van der Waals surface area contributed by atoms with Gasteiger partial charge in [-0.05, 0) is 115 Å². The molecule has 8 bridgehead atoms. The number of hydrogen-bond donors (Lipinski definition) is 6. The first-order valence-corrected chi connectivity index (χ1v) is 28.4. The van der Waals surface area contributed by atoms with E-state index in [4.69, 9.17) is 48.9 Å². The fourth-order valence-electron chi connectivity index (χ4n) is 11.3. The molecule has 0 radical (unpaired) electrons. The Morgan fingerprint density at radius 1 is 0.250 bits per heavy atom. The molecule has 8 aromatic carbocycles. The van der Waals surface area contributed by atoms with Crippen molar-refractivity contribution in [1.82, 2.24) is 39.9 Å². The summed E-state index contributed by atoms with van der Waals surface area (Å²) < 4.78 is 22.8. The highest BCUT2D eigenvalue weighted by Crippen LogP contribution is 2.46. The number of methoxy groups -OCH3 is 4. The number of hydrogen-bond acceptors (Lipinski definition) is 14. The van der Waals surface area contributed by atoms with Gasteiger partial charge in [-0.25, -0.2) is 29.9 Å². The van der Waals surface area contributed by atoms with Crippen LogP contribution in [-0.2, 0) is 26.4 Å². The van der Waals surface area contributed by atoms with Crippen molar-refractivity contribution in [3.05, 3.63) is 262 Å². The molecule has 0 saturated carbocycles. The van der Waals surface area contributed by atoms with E-state index < -0.39 is 0 Å². The van der Waals surface area contributed by atoms with Crippen molar-refractivity contribution >= 4 is 44.9 Å². The maximum absolute atomic E-state index is 10.4. The third-order valence-corrected chi connectivity index (χ3v) is 15.8. The van der Waals surface area contributed by atoms with Crippen LogP contribution in [0.4, 0.5) is 0 Å². The van der Waals surface area contributed by atoms with Gasteiger partial charge in [0.05, 0.1) is 54.9 Å². The van der Waals surface area contributed by atoms with Gasteiger partial charge < -0.3 is 49.3 Å². The summed E-state index contributed by atoms with van der Waals surface area (Å²) >= 11 is 0. The van der Waals surface area contributed by atoms with Crippen LogP contribution >= 0.6 is 0 Å². The zero-order valence-electron chi connectivity index (χ0n) is 48.4. The van der Waals surface area contributed by atoms with E-state index in [0.29, 0.717) is 136 Å². The molecule has 16 heteroatoms. The zero-order chi connectivity index (χ0) is 60.4. The quantitative estimate of drug-likeness (QED) is 0.0529. The molecular weight excluding hydrogens is 1100 g/mol. The molecular formula is C72H58N8O8. The fraction of sp³-hybridized carbons (Fsp3) is 0.111. The molecule has 0 unspecified atom stereocenters. The van der Waals surface area contributed by atoms with Crippen molar-refractivity contribution in [3.8, 4) is 67.5 Å². The fourth-order valence-corrected chi connectivity index (χ4v) is 11.3. The molecule has 5 heterocycles. The van der Waals surface area contributed by atoms with E-state index in [2.05, 4.69) is 9.97 Å². The SMILES string of the molecule is COc1ccc(C2=C(c3ccc(CO)cc3)c3nc2nc2[nH]c(nc4nc(nc5[nH]c(n3)c(-c3ccc(CO)cc3)c5-c3ccc(CO)cc3)C(c3ccc(CO)cc3)=C4c3ccc(OC)cc3)c(-c3ccc(OC)cc3)c2-c2ccc(OC)cc2)cc1. The Morgan fingerprint density at radius 3 is 0.625 bits per heavy atom. The minimum atomic E-state index is -0.171. The van der Waals surface area contributed by atoms with Crippen molar-refractivity contribution in [2.24, 2.45) is 0 Å². The van der Waals surface area contributed by atoms with E-state index in [-0.39, 0.29) is 26.4 Å². The molecule has 0 amide bonds. The number of nitrogens with zero attached hydrogens (tertiary/aromatic N) is 6. The molecule has 2 aliphatic heterocycles. The lowest BCUT2D eigenvalue weighted by Crippen LogP contribution is -1.95. The van der Waals surface area contributed by atoms with Gasteiger partial charge >= 0.3 is 0 Å². The smallest absolute Gasteiger partial charge is 0.165 e. The summed E-state index contributed by atoms with van der Waals surface area (Å²) in [5.41, 5.74) is 15.7. The lowest BCUT2D eigenvalue weighted by atomic mass is 9.94. The number of H-pyrrole nitrogens is 2. The number of fused-ring (bicyclic) bond motifs is 8. The van der Waals surface area contributed by atoms with Crippen molar-refractivity contribution in [3.63, 3.8) is 0 Å². The highest BCUT2D eigenvalue weighted by molar-refractivity contribution is 6.08. The van der Waals surface area contributed by atoms with Crippen molar-refractivity contribution < 1.29 is 39.4 Å². The molecule has 0 fully saturated rings. The van der Waals surface area contributed by atoms with Gasteiger partial charge in [-0.3, -0.25) is 0 Å². The molecule has 0 atom stereocenters. The van der Waals surface area contributed by atoms with Crippen LogP contribution < -0.4 is 18.9 Å². The molecule has 0 spiro atoms. The Balaban J connectivity index is 1.28. The molecule has 2 aliphatic rings. The number of aliphatic hydroxyl groups excluding tert-OH is 4. The summed E-state index contributed by atoms with van der Waals surface area (Å²) in [5.74, 6) is 3.84. The van der Waals surface area contributed by atoms with Crippen LogP contribution in [0, 0.1) is 0 Å². The van der Waals surface area contributed by atoms with Crippen LogP contribution in [0.25, 0.3) is 89.4 Å². The monoisotopic (exact) mass is 1160 g/mol. The topological polar surface area (TPSA) is 227 Å². The summed E-state index contributed by atoms with van der Waals surface area (Å²) in [7, 11) is 6.51.